The molecule has 0 aliphatic heterocycles. The highest BCUT2D eigenvalue weighted by atomic mass is 15.0. The van der Waals surface area contributed by atoms with Crippen LogP contribution in [0.4, 0.5) is 0 Å². The molecule has 3 aliphatic rings. The van der Waals surface area contributed by atoms with Crippen LogP contribution >= 0.6 is 0 Å². The van der Waals surface area contributed by atoms with Crippen molar-refractivity contribution in [2.45, 2.75) is 57.8 Å². The van der Waals surface area contributed by atoms with E-state index in [1.54, 1.807) is 0 Å². The fraction of sp³-hybridized carbons (Fsp3) is 0.122. The van der Waals surface area contributed by atoms with Crippen molar-refractivity contribution in [1.82, 2.24) is 24.9 Å². The Balaban J connectivity index is 0.828. The van der Waals surface area contributed by atoms with Crippen molar-refractivity contribution in [3.8, 4) is 113 Å². The zero-order chi connectivity index (χ0) is 53.4. The van der Waals surface area contributed by atoms with Crippen molar-refractivity contribution in [3.05, 3.63) is 258 Å². The molecule has 0 unspecified atom stereocenters. The maximum Gasteiger partial charge on any atom is 0.164 e. The van der Waals surface area contributed by atoms with Gasteiger partial charge < -0.3 is 0 Å². The highest BCUT2D eigenvalue weighted by Gasteiger charge is 2.38. The topological polar surface area (TPSA) is 64.5 Å². The van der Waals surface area contributed by atoms with E-state index in [4.69, 9.17) is 24.9 Å². The Kier molecular flexibility index (Phi) is 10.2. The second kappa shape index (κ2) is 17.3. The quantitative estimate of drug-likeness (QED) is 0.159. The Labute approximate surface area is 461 Å². The van der Waals surface area contributed by atoms with Crippen LogP contribution in [0.3, 0.4) is 0 Å². The summed E-state index contributed by atoms with van der Waals surface area (Å²) < 4.78 is 0. The number of hydrogen-bond acceptors (Lipinski definition) is 5. The Morgan fingerprint density at radius 3 is 1.14 bits per heavy atom. The first kappa shape index (κ1) is 46.8. The number of rotatable bonds is 7. The zero-order valence-electron chi connectivity index (χ0n) is 45.1. The zero-order valence-corrected chi connectivity index (χ0v) is 45.1. The van der Waals surface area contributed by atoms with Gasteiger partial charge in [0.15, 0.2) is 23.3 Å². The predicted molar refractivity (Wildman–Crippen MR) is 324 cm³/mol. The van der Waals surface area contributed by atoms with Gasteiger partial charge in [-0.1, -0.05) is 217 Å². The lowest BCUT2D eigenvalue weighted by atomic mass is 9.81. The Morgan fingerprint density at radius 2 is 0.570 bits per heavy atom. The van der Waals surface area contributed by atoms with Gasteiger partial charge in [0.05, 0.1) is 11.4 Å². The van der Waals surface area contributed by atoms with Crippen molar-refractivity contribution >= 4 is 10.8 Å². The molecule has 2 aromatic heterocycles. The fourth-order valence-electron chi connectivity index (χ4n) is 13.2. The normalized spacial score (nSPS) is 14.5. The summed E-state index contributed by atoms with van der Waals surface area (Å²) in [5, 5.41) is 2.52. The van der Waals surface area contributed by atoms with E-state index in [1.807, 2.05) is 18.2 Å². The minimum absolute atomic E-state index is 0.178. The predicted octanol–water partition coefficient (Wildman–Crippen LogP) is 18.4. The van der Waals surface area contributed by atoms with E-state index < -0.39 is 0 Å². The molecule has 0 spiro atoms. The van der Waals surface area contributed by atoms with Gasteiger partial charge in [-0.05, 0) is 137 Å². The molecule has 5 nitrogen and oxygen atoms in total. The van der Waals surface area contributed by atoms with Gasteiger partial charge >= 0.3 is 0 Å². The van der Waals surface area contributed by atoms with E-state index >= 15 is 0 Å². The molecule has 10 aromatic carbocycles. The van der Waals surface area contributed by atoms with Crippen LogP contribution in [0.2, 0.25) is 0 Å². The van der Waals surface area contributed by atoms with Crippen LogP contribution in [-0.2, 0) is 16.2 Å². The van der Waals surface area contributed by atoms with E-state index in [1.165, 1.54) is 77.5 Å². The van der Waals surface area contributed by atoms with Crippen molar-refractivity contribution in [2.75, 3.05) is 0 Å². The summed E-state index contributed by atoms with van der Waals surface area (Å²) in [5.41, 5.74) is 24.7. The molecule has 0 amide bonds. The first-order chi connectivity index (χ1) is 38.4. The van der Waals surface area contributed by atoms with Gasteiger partial charge in [0.25, 0.3) is 0 Å². The highest BCUT2D eigenvalue weighted by molar-refractivity contribution is 5.94. The highest BCUT2D eigenvalue weighted by Crippen LogP contribution is 2.53. The van der Waals surface area contributed by atoms with Crippen LogP contribution in [-0.4, -0.2) is 24.9 Å². The van der Waals surface area contributed by atoms with Crippen LogP contribution in [0.5, 0.6) is 0 Å². The lowest BCUT2D eigenvalue weighted by Crippen LogP contribution is -2.15. The van der Waals surface area contributed by atoms with Crippen molar-refractivity contribution in [2.24, 2.45) is 0 Å². The van der Waals surface area contributed by atoms with E-state index in [0.29, 0.717) is 23.3 Å². The summed E-state index contributed by atoms with van der Waals surface area (Å²) in [6, 6.07) is 81.0. The summed E-state index contributed by atoms with van der Waals surface area (Å²) in [7, 11) is 0. The molecule has 2 heterocycles. The summed E-state index contributed by atoms with van der Waals surface area (Å²) in [5.74, 6) is 2.59. The molecule has 0 fully saturated rings. The van der Waals surface area contributed by atoms with E-state index in [-0.39, 0.29) is 16.2 Å². The lowest BCUT2D eigenvalue weighted by Gasteiger charge is -2.22. The minimum atomic E-state index is -0.186. The third-order valence-electron chi connectivity index (χ3n) is 17.5. The van der Waals surface area contributed by atoms with Gasteiger partial charge in [0.2, 0.25) is 0 Å². The van der Waals surface area contributed by atoms with Gasteiger partial charge in [-0.15, -0.1) is 0 Å². The standard InChI is InChI=1S/C74H55N5/c1-72(2)60-28-14-12-26-54(60)56-34-31-52(41-63(56)72)70-77-69(78-71(79-70)53-32-35-57-55-27-13-15-29-61(55)73(3,4)64(57)42-53)51-25-17-23-46(37-51)45-22-16-24-49(36-45)66-43-67(76-68(75-66)44-18-8-7-9-19-44)50-30-33-58-59-38-47-20-10-11-21-48(47)39-65(59)74(5,6)62(58)40-50/h7-43H,1-6H3. The number of benzene rings is 10. The summed E-state index contributed by atoms with van der Waals surface area (Å²) in [6.45, 7) is 14.0. The van der Waals surface area contributed by atoms with Crippen molar-refractivity contribution in [1.29, 1.82) is 0 Å². The maximum atomic E-state index is 5.35. The molecular weight excluding hydrogens is 959 g/mol. The van der Waals surface area contributed by atoms with Crippen LogP contribution in [0.15, 0.2) is 224 Å². The third-order valence-corrected chi connectivity index (χ3v) is 17.5. The fourth-order valence-corrected chi connectivity index (χ4v) is 13.2. The summed E-state index contributed by atoms with van der Waals surface area (Å²) >= 11 is 0. The molecule has 0 bridgehead atoms. The summed E-state index contributed by atoms with van der Waals surface area (Å²) in [4.78, 5) is 26.6. The average molecular weight is 1010 g/mol. The van der Waals surface area contributed by atoms with Crippen LogP contribution < -0.4 is 0 Å². The number of nitrogens with zero attached hydrogens (tertiary/aromatic N) is 5. The van der Waals surface area contributed by atoms with Crippen molar-refractivity contribution in [3.63, 3.8) is 0 Å². The molecule has 0 N–H and O–H groups in total. The number of aromatic nitrogens is 5. The Morgan fingerprint density at radius 1 is 0.215 bits per heavy atom. The van der Waals surface area contributed by atoms with Crippen LogP contribution in [0, 0.1) is 0 Å². The molecule has 12 aromatic rings. The molecule has 79 heavy (non-hydrogen) atoms. The molecule has 0 radical (unpaired) electrons. The molecule has 3 aliphatic carbocycles. The molecule has 0 atom stereocenters. The third kappa shape index (κ3) is 7.40. The molecule has 376 valence electrons. The van der Waals surface area contributed by atoms with Crippen molar-refractivity contribution < 1.29 is 0 Å². The average Bonchev–Trinajstić information content (AvgIpc) is 4.19. The Hall–Kier alpha value is -9.45. The minimum Gasteiger partial charge on any atom is -0.228 e. The second-order valence-electron chi connectivity index (χ2n) is 23.3. The molecular formula is C74H55N5. The first-order valence-electron chi connectivity index (χ1n) is 27.5. The van der Waals surface area contributed by atoms with Gasteiger partial charge in [0.1, 0.15) is 0 Å². The monoisotopic (exact) mass is 1010 g/mol. The largest absolute Gasteiger partial charge is 0.228 e. The summed E-state index contributed by atoms with van der Waals surface area (Å²) in [6.07, 6.45) is 0. The smallest absolute Gasteiger partial charge is 0.164 e. The molecule has 0 saturated heterocycles. The van der Waals surface area contributed by atoms with Gasteiger partial charge in [-0.3, -0.25) is 0 Å². The van der Waals surface area contributed by atoms with E-state index in [9.17, 15) is 0 Å². The van der Waals surface area contributed by atoms with Crippen LogP contribution in [0.25, 0.3) is 123 Å². The van der Waals surface area contributed by atoms with Gasteiger partial charge in [0, 0.05) is 49.6 Å². The SMILES string of the molecule is CC1(C)c2ccccc2-c2ccc(-c3nc(-c4cccc(-c5cccc(-c6cc(-c7ccc8c(c7)C(C)(C)c7cc9ccccc9cc7-8)nc(-c7ccccc7)n6)c5)c4)nc(-c4ccc5c(c4)C(C)(C)c4ccccc4-5)n3)cc21. The van der Waals surface area contributed by atoms with Crippen LogP contribution in [0.1, 0.15) is 74.9 Å². The molecule has 0 saturated carbocycles. The lowest BCUT2D eigenvalue weighted by molar-refractivity contribution is 0.660. The van der Waals surface area contributed by atoms with E-state index in [0.717, 1.165) is 55.9 Å². The number of fused-ring (bicyclic) bond motifs is 10. The second-order valence-corrected chi connectivity index (χ2v) is 23.3. The Bertz CT molecular complexity index is 4400. The van der Waals surface area contributed by atoms with Gasteiger partial charge in [-0.2, -0.15) is 0 Å². The molecule has 5 heteroatoms. The number of hydrogen-bond donors (Lipinski definition) is 0. The maximum absolute atomic E-state index is 5.35. The van der Waals surface area contributed by atoms with E-state index in [2.05, 4.69) is 248 Å². The first-order valence-corrected chi connectivity index (χ1v) is 27.5. The molecule has 15 rings (SSSR count). The van der Waals surface area contributed by atoms with Gasteiger partial charge in [-0.25, -0.2) is 24.9 Å².